The van der Waals surface area contributed by atoms with Crippen molar-refractivity contribution in [1.82, 2.24) is 14.8 Å². The van der Waals surface area contributed by atoms with Crippen molar-refractivity contribution in [3.05, 3.63) is 66.0 Å². The van der Waals surface area contributed by atoms with E-state index in [0.717, 1.165) is 16.9 Å². The summed E-state index contributed by atoms with van der Waals surface area (Å²) in [7, 11) is 0. The summed E-state index contributed by atoms with van der Waals surface area (Å²) in [5.41, 5.74) is 4.04. The van der Waals surface area contributed by atoms with Crippen LogP contribution < -0.4 is 5.32 Å². The molecule has 0 aliphatic rings. The van der Waals surface area contributed by atoms with Gasteiger partial charge in [0.05, 0.1) is 5.25 Å². The maximum absolute atomic E-state index is 12.5. The number of anilines is 1. The lowest BCUT2D eigenvalue weighted by atomic mass is 10.1. The quantitative estimate of drug-likeness (QED) is 0.705. The molecule has 5 nitrogen and oxygen atoms in total. The Morgan fingerprint density at radius 3 is 2.64 bits per heavy atom. The minimum atomic E-state index is -0.299. The highest BCUT2D eigenvalue weighted by Crippen LogP contribution is 2.25. The van der Waals surface area contributed by atoms with E-state index in [0.29, 0.717) is 5.16 Å². The Morgan fingerprint density at radius 2 is 1.92 bits per heavy atom. The highest BCUT2D eigenvalue weighted by Gasteiger charge is 2.19. The van der Waals surface area contributed by atoms with Crippen molar-refractivity contribution in [3.8, 4) is 5.69 Å². The molecule has 1 N–H and O–H groups in total. The molecule has 0 aliphatic heterocycles. The zero-order valence-corrected chi connectivity index (χ0v) is 15.2. The van der Waals surface area contributed by atoms with Gasteiger partial charge in [-0.15, -0.1) is 10.2 Å². The third-order valence-electron chi connectivity index (χ3n) is 3.84. The molecule has 1 atom stereocenters. The molecule has 0 radical (unpaired) electrons. The van der Waals surface area contributed by atoms with Gasteiger partial charge in [-0.05, 0) is 44.5 Å². The molecule has 0 fully saturated rings. The van der Waals surface area contributed by atoms with E-state index < -0.39 is 0 Å². The normalized spacial score (nSPS) is 12.0. The van der Waals surface area contributed by atoms with Gasteiger partial charge in [-0.3, -0.25) is 9.36 Å². The van der Waals surface area contributed by atoms with E-state index in [1.54, 1.807) is 6.33 Å². The fraction of sp³-hybridized carbons (Fsp3) is 0.211. The number of aromatic nitrogens is 3. The molecule has 0 saturated heterocycles. The number of para-hydroxylation sites is 1. The summed E-state index contributed by atoms with van der Waals surface area (Å²) in [4.78, 5) is 12.5. The van der Waals surface area contributed by atoms with E-state index in [1.807, 2.05) is 67.8 Å². The largest absolute Gasteiger partial charge is 0.325 e. The molecule has 1 unspecified atom stereocenters. The van der Waals surface area contributed by atoms with Gasteiger partial charge in [-0.25, -0.2) is 0 Å². The molecule has 1 heterocycles. The molecule has 0 saturated carbocycles. The number of thioether (sulfide) groups is 1. The highest BCUT2D eigenvalue weighted by atomic mass is 32.2. The summed E-state index contributed by atoms with van der Waals surface area (Å²) in [5.74, 6) is -0.0560. The summed E-state index contributed by atoms with van der Waals surface area (Å²) in [6.45, 7) is 5.90. The van der Waals surface area contributed by atoms with Crippen molar-refractivity contribution < 1.29 is 4.79 Å². The van der Waals surface area contributed by atoms with E-state index in [2.05, 4.69) is 21.6 Å². The van der Waals surface area contributed by atoms with Gasteiger partial charge in [-0.2, -0.15) is 0 Å². The van der Waals surface area contributed by atoms with E-state index in [-0.39, 0.29) is 11.2 Å². The molecular formula is C19H20N4OS. The predicted molar refractivity (Wildman–Crippen MR) is 101 cm³/mol. The first-order valence-corrected chi connectivity index (χ1v) is 8.93. The molecule has 1 amide bonds. The molecule has 3 aromatic rings. The topological polar surface area (TPSA) is 59.8 Å². The minimum absolute atomic E-state index is 0.0560. The molecule has 128 valence electrons. The molecule has 0 bridgehead atoms. The summed E-state index contributed by atoms with van der Waals surface area (Å²) < 4.78 is 1.88. The van der Waals surface area contributed by atoms with Gasteiger partial charge in [0.2, 0.25) is 5.91 Å². The third-order valence-corrected chi connectivity index (χ3v) is 4.90. The second kappa shape index (κ2) is 7.53. The van der Waals surface area contributed by atoms with E-state index in [1.165, 1.54) is 17.3 Å². The van der Waals surface area contributed by atoms with Crippen molar-refractivity contribution in [2.24, 2.45) is 0 Å². The van der Waals surface area contributed by atoms with E-state index in [4.69, 9.17) is 0 Å². The van der Waals surface area contributed by atoms with Gasteiger partial charge in [0, 0.05) is 11.4 Å². The Morgan fingerprint density at radius 1 is 1.16 bits per heavy atom. The number of nitrogens with zero attached hydrogens (tertiary/aromatic N) is 3. The molecule has 3 rings (SSSR count). The standard InChI is InChI=1S/C19H20N4OS/c1-13-9-10-17(14(2)11-13)21-18(24)15(3)25-19-22-20-12-23(19)16-7-5-4-6-8-16/h4-12,15H,1-3H3,(H,21,24). The SMILES string of the molecule is Cc1ccc(NC(=O)C(C)Sc2nncn2-c2ccccc2)c(C)c1. The summed E-state index contributed by atoms with van der Waals surface area (Å²) in [6.07, 6.45) is 1.66. The van der Waals surface area contributed by atoms with Crippen LogP contribution in [0.2, 0.25) is 0 Å². The minimum Gasteiger partial charge on any atom is -0.325 e. The van der Waals surface area contributed by atoms with Gasteiger partial charge in [0.1, 0.15) is 6.33 Å². The van der Waals surface area contributed by atoms with Crippen molar-refractivity contribution in [1.29, 1.82) is 0 Å². The van der Waals surface area contributed by atoms with Crippen molar-refractivity contribution in [2.75, 3.05) is 5.32 Å². The first kappa shape index (κ1) is 17.2. The molecule has 6 heteroatoms. The maximum atomic E-state index is 12.5. The number of rotatable bonds is 5. The Hall–Kier alpha value is -2.60. The van der Waals surface area contributed by atoms with Crippen LogP contribution in [0, 0.1) is 13.8 Å². The average molecular weight is 352 g/mol. The number of aryl methyl sites for hydroxylation is 2. The fourth-order valence-corrected chi connectivity index (χ4v) is 3.31. The molecule has 25 heavy (non-hydrogen) atoms. The molecule has 0 spiro atoms. The summed E-state index contributed by atoms with van der Waals surface area (Å²) in [5, 5.41) is 11.5. The Labute approximate surface area is 151 Å². The highest BCUT2D eigenvalue weighted by molar-refractivity contribution is 8.00. The van der Waals surface area contributed by atoms with Crippen molar-refractivity contribution >= 4 is 23.4 Å². The third kappa shape index (κ3) is 4.09. The van der Waals surface area contributed by atoms with Gasteiger partial charge in [-0.1, -0.05) is 47.7 Å². The van der Waals surface area contributed by atoms with Crippen LogP contribution in [0.5, 0.6) is 0 Å². The van der Waals surface area contributed by atoms with Crippen LogP contribution in [-0.2, 0) is 4.79 Å². The number of hydrogen-bond donors (Lipinski definition) is 1. The van der Waals surface area contributed by atoms with Crippen LogP contribution in [0.4, 0.5) is 5.69 Å². The van der Waals surface area contributed by atoms with Crippen LogP contribution in [0.25, 0.3) is 5.69 Å². The number of hydrogen-bond acceptors (Lipinski definition) is 4. The summed E-state index contributed by atoms with van der Waals surface area (Å²) >= 11 is 1.39. The predicted octanol–water partition coefficient (Wildman–Crippen LogP) is 4.00. The first-order valence-electron chi connectivity index (χ1n) is 8.05. The van der Waals surface area contributed by atoms with E-state index in [9.17, 15) is 4.79 Å². The van der Waals surface area contributed by atoms with Gasteiger partial charge >= 0.3 is 0 Å². The zero-order chi connectivity index (χ0) is 17.8. The fourth-order valence-electron chi connectivity index (χ4n) is 2.47. The van der Waals surface area contributed by atoms with Crippen LogP contribution in [0.3, 0.4) is 0 Å². The molecule has 0 aliphatic carbocycles. The summed E-state index contributed by atoms with van der Waals surface area (Å²) in [6, 6.07) is 15.8. The Balaban J connectivity index is 1.71. The number of carbonyl (C=O) groups is 1. The maximum Gasteiger partial charge on any atom is 0.237 e. The average Bonchev–Trinajstić information content (AvgIpc) is 3.06. The van der Waals surface area contributed by atoms with Crippen molar-refractivity contribution in [3.63, 3.8) is 0 Å². The number of nitrogens with one attached hydrogen (secondary N) is 1. The molecule has 2 aromatic carbocycles. The lowest BCUT2D eigenvalue weighted by Gasteiger charge is -2.14. The van der Waals surface area contributed by atoms with Crippen molar-refractivity contribution in [2.45, 2.75) is 31.2 Å². The first-order chi connectivity index (χ1) is 12.0. The number of amides is 1. The molecule has 1 aromatic heterocycles. The van der Waals surface area contributed by atoms with Crippen LogP contribution in [0.1, 0.15) is 18.1 Å². The van der Waals surface area contributed by atoms with Gasteiger partial charge in [0.15, 0.2) is 5.16 Å². The Bertz CT molecular complexity index is 876. The molecular weight excluding hydrogens is 332 g/mol. The second-order valence-corrected chi connectivity index (χ2v) is 7.19. The second-order valence-electron chi connectivity index (χ2n) is 5.89. The van der Waals surface area contributed by atoms with Crippen LogP contribution in [0.15, 0.2) is 60.0 Å². The smallest absolute Gasteiger partial charge is 0.237 e. The van der Waals surface area contributed by atoms with Crippen LogP contribution >= 0.6 is 11.8 Å². The number of benzene rings is 2. The van der Waals surface area contributed by atoms with Crippen LogP contribution in [-0.4, -0.2) is 25.9 Å². The van der Waals surface area contributed by atoms with E-state index >= 15 is 0 Å². The van der Waals surface area contributed by atoms with Gasteiger partial charge < -0.3 is 5.32 Å². The monoisotopic (exact) mass is 352 g/mol. The lowest BCUT2D eigenvalue weighted by Crippen LogP contribution is -2.23. The Kier molecular flexibility index (Phi) is 5.19. The lowest BCUT2D eigenvalue weighted by molar-refractivity contribution is -0.115. The zero-order valence-electron chi connectivity index (χ0n) is 14.4. The number of carbonyl (C=O) groups excluding carboxylic acids is 1. The van der Waals surface area contributed by atoms with Gasteiger partial charge in [0.25, 0.3) is 0 Å².